The van der Waals surface area contributed by atoms with Crippen LogP contribution in [0.2, 0.25) is 0 Å². The summed E-state index contributed by atoms with van der Waals surface area (Å²) in [6.45, 7) is 4.87. The zero-order valence-electron chi connectivity index (χ0n) is 15.4. The molecule has 0 bridgehead atoms. The minimum atomic E-state index is -4.56. The van der Waals surface area contributed by atoms with Crippen LogP contribution in [0.15, 0.2) is 30.5 Å². The number of fused-ring (bicyclic) bond motifs is 1. The van der Waals surface area contributed by atoms with Gasteiger partial charge in [-0.05, 0) is 18.6 Å². The molecule has 144 valence electrons. The van der Waals surface area contributed by atoms with Crippen LogP contribution in [0.4, 0.5) is 19.0 Å². The largest absolute Gasteiger partial charge is 0.433 e. The summed E-state index contributed by atoms with van der Waals surface area (Å²) in [6, 6.07) is 6.07. The van der Waals surface area contributed by atoms with Crippen LogP contribution < -0.4 is 4.90 Å². The molecule has 0 N–H and O–H groups in total. The average molecular weight is 378 g/mol. The van der Waals surface area contributed by atoms with Crippen molar-refractivity contribution in [1.82, 2.24) is 15.0 Å². The highest BCUT2D eigenvalue weighted by atomic mass is 19.4. The van der Waals surface area contributed by atoms with E-state index in [4.69, 9.17) is 4.74 Å². The highest BCUT2D eigenvalue weighted by molar-refractivity contribution is 5.54. The molecule has 4 rings (SSSR count). The highest BCUT2D eigenvalue weighted by Crippen LogP contribution is 2.54. The molecule has 0 amide bonds. The average Bonchev–Trinajstić information content (AvgIpc) is 3.07. The molecule has 1 saturated carbocycles. The number of halogens is 3. The van der Waals surface area contributed by atoms with E-state index >= 15 is 0 Å². The monoisotopic (exact) mass is 378 g/mol. The molecule has 5 nitrogen and oxygen atoms in total. The molecule has 2 aliphatic rings. The first-order valence-electron chi connectivity index (χ1n) is 8.91. The Morgan fingerprint density at radius 1 is 1.22 bits per heavy atom. The van der Waals surface area contributed by atoms with Gasteiger partial charge in [0.25, 0.3) is 0 Å². The van der Waals surface area contributed by atoms with Gasteiger partial charge < -0.3 is 9.64 Å². The first-order valence-corrected chi connectivity index (χ1v) is 8.91. The third-order valence-electron chi connectivity index (χ3n) is 5.71. The van der Waals surface area contributed by atoms with E-state index in [2.05, 4.69) is 28.8 Å². The van der Waals surface area contributed by atoms with Gasteiger partial charge in [0.15, 0.2) is 11.5 Å². The van der Waals surface area contributed by atoms with Gasteiger partial charge >= 0.3 is 6.18 Å². The number of anilines is 1. The molecule has 3 atom stereocenters. The van der Waals surface area contributed by atoms with Crippen LogP contribution in [0, 0.1) is 11.3 Å². The maximum absolute atomic E-state index is 13.4. The number of pyridine rings is 1. The van der Waals surface area contributed by atoms with E-state index < -0.39 is 11.9 Å². The van der Waals surface area contributed by atoms with Gasteiger partial charge in [-0.3, -0.25) is 4.98 Å². The van der Waals surface area contributed by atoms with Crippen molar-refractivity contribution in [1.29, 1.82) is 0 Å². The Morgan fingerprint density at radius 2 is 2.00 bits per heavy atom. The molecule has 2 fully saturated rings. The first-order chi connectivity index (χ1) is 12.7. The van der Waals surface area contributed by atoms with Crippen molar-refractivity contribution in [3.63, 3.8) is 0 Å². The molecule has 3 heterocycles. The maximum Gasteiger partial charge on any atom is 0.433 e. The van der Waals surface area contributed by atoms with Gasteiger partial charge in [-0.1, -0.05) is 19.9 Å². The smallest absolute Gasteiger partial charge is 0.377 e. The molecule has 2 aromatic rings. The molecule has 1 aliphatic heterocycles. The van der Waals surface area contributed by atoms with Crippen molar-refractivity contribution < 1.29 is 17.9 Å². The Bertz CT molecular complexity index is 841. The molecule has 8 heteroatoms. The number of ether oxygens (including phenoxy) is 1. The second kappa shape index (κ2) is 6.15. The van der Waals surface area contributed by atoms with E-state index in [1.54, 1.807) is 25.2 Å². The van der Waals surface area contributed by atoms with E-state index in [1.165, 1.54) is 6.20 Å². The second-order valence-corrected chi connectivity index (χ2v) is 7.77. The number of alkyl halides is 3. The number of hydrogen-bond acceptors (Lipinski definition) is 5. The predicted molar refractivity (Wildman–Crippen MR) is 94.1 cm³/mol. The molecule has 1 saturated heterocycles. The SMILES string of the molecule is CN(c1cc(C(F)(F)F)nc(-c2ccccn2)n1)C1C2CCOC2C1(C)C. The molecule has 0 radical (unpaired) electrons. The summed E-state index contributed by atoms with van der Waals surface area (Å²) >= 11 is 0. The fourth-order valence-electron chi connectivity index (χ4n) is 4.60. The van der Waals surface area contributed by atoms with Crippen molar-refractivity contribution in [2.45, 2.75) is 38.6 Å². The van der Waals surface area contributed by atoms with Crippen LogP contribution in [0.25, 0.3) is 11.5 Å². The van der Waals surface area contributed by atoms with E-state index in [0.29, 0.717) is 18.2 Å². The minimum absolute atomic E-state index is 0.0244. The lowest BCUT2D eigenvalue weighted by molar-refractivity contribution is -0.141. The van der Waals surface area contributed by atoms with Gasteiger partial charge in [0.05, 0.1) is 6.10 Å². The summed E-state index contributed by atoms with van der Waals surface area (Å²) in [6.07, 6.45) is -1.99. The molecular formula is C19H21F3N4O. The normalized spacial score (nSPS) is 26.4. The molecule has 1 aliphatic carbocycles. The van der Waals surface area contributed by atoms with Crippen LogP contribution in [0.3, 0.4) is 0 Å². The van der Waals surface area contributed by atoms with Crippen molar-refractivity contribution in [3.8, 4) is 11.5 Å². The molecule has 2 aromatic heterocycles. The van der Waals surface area contributed by atoms with Crippen molar-refractivity contribution in [2.24, 2.45) is 11.3 Å². The van der Waals surface area contributed by atoms with Gasteiger partial charge in [0, 0.05) is 43.3 Å². The van der Waals surface area contributed by atoms with Gasteiger partial charge in [-0.2, -0.15) is 13.2 Å². The van der Waals surface area contributed by atoms with E-state index in [-0.39, 0.29) is 29.2 Å². The molecule has 27 heavy (non-hydrogen) atoms. The molecule has 0 spiro atoms. The standard InChI is InChI=1S/C19H21F3N4O/c1-18(2)15(11-7-9-27-16(11)18)26(3)14-10-13(19(20,21)22)24-17(25-14)12-6-4-5-8-23-12/h4-6,8,10-11,15-16H,7,9H2,1-3H3. The second-order valence-electron chi connectivity index (χ2n) is 7.77. The quantitative estimate of drug-likeness (QED) is 0.813. The zero-order valence-corrected chi connectivity index (χ0v) is 15.4. The van der Waals surface area contributed by atoms with Crippen LogP contribution >= 0.6 is 0 Å². The fraction of sp³-hybridized carbons (Fsp3) is 0.526. The number of nitrogens with zero attached hydrogens (tertiary/aromatic N) is 4. The molecule has 3 unspecified atom stereocenters. The number of hydrogen-bond donors (Lipinski definition) is 0. The third-order valence-corrected chi connectivity index (χ3v) is 5.71. The third kappa shape index (κ3) is 2.96. The van der Waals surface area contributed by atoms with E-state index in [9.17, 15) is 13.2 Å². The first kappa shape index (κ1) is 18.2. The van der Waals surface area contributed by atoms with Crippen LogP contribution in [-0.4, -0.2) is 40.8 Å². The Kier molecular flexibility index (Phi) is 4.14. The van der Waals surface area contributed by atoms with Crippen LogP contribution in [0.1, 0.15) is 26.0 Å². The van der Waals surface area contributed by atoms with Gasteiger partial charge in [-0.25, -0.2) is 9.97 Å². The summed E-state index contributed by atoms with van der Waals surface area (Å²) in [5.41, 5.74) is -0.811. The van der Waals surface area contributed by atoms with Crippen molar-refractivity contribution in [3.05, 3.63) is 36.2 Å². The maximum atomic E-state index is 13.4. The Balaban J connectivity index is 1.76. The minimum Gasteiger partial charge on any atom is -0.377 e. The zero-order chi connectivity index (χ0) is 19.4. The van der Waals surface area contributed by atoms with Gasteiger partial charge in [-0.15, -0.1) is 0 Å². The lowest BCUT2D eigenvalue weighted by Crippen LogP contribution is -2.66. The fourth-order valence-corrected chi connectivity index (χ4v) is 4.60. The lowest BCUT2D eigenvalue weighted by atomic mass is 9.57. The summed E-state index contributed by atoms with van der Waals surface area (Å²) < 4.78 is 46.1. The summed E-state index contributed by atoms with van der Waals surface area (Å²) in [5, 5.41) is 0. The summed E-state index contributed by atoms with van der Waals surface area (Å²) in [5.74, 6) is 0.526. The van der Waals surface area contributed by atoms with Gasteiger partial charge in [0.1, 0.15) is 11.5 Å². The predicted octanol–water partition coefficient (Wildman–Crippen LogP) is 3.81. The number of aromatic nitrogens is 3. The topological polar surface area (TPSA) is 51.1 Å². The Morgan fingerprint density at radius 3 is 2.67 bits per heavy atom. The van der Waals surface area contributed by atoms with E-state index in [0.717, 1.165) is 12.5 Å². The Hall–Kier alpha value is -2.22. The molecular weight excluding hydrogens is 357 g/mol. The lowest BCUT2D eigenvalue weighted by Gasteiger charge is -2.58. The summed E-state index contributed by atoms with van der Waals surface area (Å²) in [4.78, 5) is 14.1. The number of rotatable bonds is 3. The van der Waals surface area contributed by atoms with E-state index in [1.807, 2.05) is 4.90 Å². The van der Waals surface area contributed by atoms with Crippen molar-refractivity contribution >= 4 is 5.82 Å². The highest BCUT2D eigenvalue weighted by Gasteiger charge is 2.61. The van der Waals surface area contributed by atoms with Crippen molar-refractivity contribution in [2.75, 3.05) is 18.6 Å². The summed E-state index contributed by atoms with van der Waals surface area (Å²) in [7, 11) is 1.80. The Labute approximate surface area is 155 Å². The molecule has 0 aromatic carbocycles. The van der Waals surface area contributed by atoms with Crippen LogP contribution in [-0.2, 0) is 10.9 Å². The van der Waals surface area contributed by atoms with Crippen LogP contribution in [0.5, 0.6) is 0 Å². The van der Waals surface area contributed by atoms with Gasteiger partial charge in [0.2, 0.25) is 0 Å².